The first-order chi connectivity index (χ1) is 8.75. The molecular weight excluding hydrogens is 340 g/mol. The molecule has 0 spiro atoms. The minimum Gasteiger partial charge on any atom is -0.312 e. The highest BCUT2D eigenvalue weighted by atomic mass is 127. The second kappa shape index (κ2) is 6.85. The van der Waals surface area contributed by atoms with Gasteiger partial charge in [0.1, 0.15) is 5.82 Å². The van der Waals surface area contributed by atoms with Crippen molar-refractivity contribution in [3.05, 3.63) is 69.0 Å². The summed E-state index contributed by atoms with van der Waals surface area (Å²) in [5.41, 5.74) is 2.02. The van der Waals surface area contributed by atoms with E-state index in [4.69, 9.17) is 0 Å². The summed E-state index contributed by atoms with van der Waals surface area (Å²) in [4.78, 5) is 0. The quantitative estimate of drug-likeness (QED) is 0.636. The molecule has 0 heterocycles. The summed E-state index contributed by atoms with van der Waals surface area (Å²) in [7, 11) is 0. The Kier molecular flexibility index (Phi) is 5.13. The molecule has 18 heavy (non-hydrogen) atoms. The van der Waals surface area contributed by atoms with Crippen LogP contribution >= 0.6 is 22.6 Å². The molecule has 0 atom stereocenters. The molecule has 2 rings (SSSR count). The molecule has 2 aromatic carbocycles. The SMILES string of the molecule is Fc1ccccc1CCNCc1ccc(I)cc1. The van der Waals surface area contributed by atoms with Gasteiger partial charge in [-0.3, -0.25) is 0 Å². The van der Waals surface area contributed by atoms with Crippen molar-refractivity contribution in [2.45, 2.75) is 13.0 Å². The van der Waals surface area contributed by atoms with Gasteiger partial charge in [0, 0.05) is 10.1 Å². The Bertz CT molecular complexity index is 496. The van der Waals surface area contributed by atoms with Crippen LogP contribution in [0.1, 0.15) is 11.1 Å². The Hall–Kier alpha value is -0.940. The summed E-state index contributed by atoms with van der Waals surface area (Å²) in [5, 5.41) is 3.33. The summed E-state index contributed by atoms with van der Waals surface area (Å²) in [5.74, 6) is -0.117. The maximum atomic E-state index is 13.4. The summed E-state index contributed by atoms with van der Waals surface area (Å²) < 4.78 is 14.6. The van der Waals surface area contributed by atoms with Gasteiger partial charge in [-0.05, 0) is 64.9 Å². The second-order valence-electron chi connectivity index (χ2n) is 4.14. The summed E-state index contributed by atoms with van der Waals surface area (Å²) in [6.45, 7) is 1.61. The highest BCUT2D eigenvalue weighted by Crippen LogP contribution is 2.08. The molecule has 94 valence electrons. The average Bonchev–Trinajstić information content (AvgIpc) is 2.39. The third kappa shape index (κ3) is 4.07. The third-order valence-corrected chi connectivity index (χ3v) is 3.49. The lowest BCUT2D eigenvalue weighted by molar-refractivity contribution is 0.598. The van der Waals surface area contributed by atoms with Crippen LogP contribution in [0.3, 0.4) is 0 Å². The minimum absolute atomic E-state index is 0.117. The smallest absolute Gasteiger partial charge is 0.126 e. The fraction of sp³-hybridized carbons (Fsp3) is 0.200. The lowest BCUT2D eigenvalue weighted by atomic mass is 10.1. The zero-order valence-corrected chi connectivity index (χ0v) is 12.2. The van der Waals surface area contributed by atoms with Crippen molar-refractivity contribution in [3.8, 4) is 0 Å². The molecule has 0 fully saturated rings. The largest absolute Gasteiger partial charge is 0.312 e. The fourth-order valence-electron chi connectivity index (χ4n) is 1.76. The van der Waals surface area contributed by atoms with Gasteiger partial charge in [-0.25, -0.2) is 4.39 Å². The second-order valence-corrected chi connectivity index (χ2v) is 5.39. The topological polar surface area (TPSA) is 12.0 Å². The van der Waals surface area contributed by atoms with E-state index in [0.717, 1.165) is 25.1 Å². The number of nitrogens with one attached hydrogen (secondary N) is 1. The number of hydrogen-bond donors (Lipinski definition) is 1. The lowest BCUT2D eigenvalue weighted by Gasteiger charge is -2.06. The van der Waals surface area contributed by atoms with Crippen molar-refractivity contribution < 1.29 is 4.39 Å². The summed E-state index contributed by atoms with van der Waals surface area (Å²) >= 11 is 2.29. The van der Waals surface area contributed by atoms with Crippen molar-refractivity contribution in [3.63, 3.8) is 0 Å². The lowest BCUT2D eigenvalue weighted by Crippen LogP contribution is -2.17. The Labute approximate surface area is 121 Å². The Morgan fingerprint density at radius 3 is 2.44 bits per heavy atom. The van der Waals surface area contributed by atoms with Crippen LogP contribution in [-0.2, 0) is 13.0 Å². The number of rotatable bonds is 5. The van der Waals surface area contributed by atoms with Gasteiger partial charge in [0.2, 0.25) is 0 Å². The Morgan fingerprint density at radius 2 is 1.72 bits per heavy atom. The van der Waals surface area contributed by atoms with Crippen LogP contribution in [0.2, 0.25) is 0 Å². The summed E-state index contributed by atoms with van der Waals surface area (Å²) in [6.07, 6.45) is 0.719. The van der Waals surface area contributed by atoms with Crippen molar-refractivity contribution >= 4 is 22.6 Å². The van der Waals surface area contributed by atoms with Crippen LogP contribution in [0.4, 0.5) is 4.39 Å². The first-order valence-electron chi connectivity index (χ1n) is 5.94. The van der Waals surface area contributed by atoms with Gasteiger partial charge in [0.25, 0.3) is 0 Å². The van der Waals surface area contributed by atoms with Crippen LogP contribution < -0.4 is 5.32 Å². The molecule has 0 saturated carbocycles. The van der Waals surface area contributed by atoms with E-state index in [1.54, 1.807) is 6.07 Å². The van der Waals surface area contributed by atoms with Gasteiger partial charge in [0.15, 0.2) is 0 Å². The van der Waals surface area contributed by atoms with E-state index in [0.29, 0.717) is 0 Å². The molecule has 0 aliphatic rings. The van der Waals surface area contributed by atoms with Crippen LogP contribution in [-0.4, -0.2) is 6.54 Å². The van der Waals surface area contributed by atoms with E-state index >= 15 is 0 Å². The summed E-state index contributed by atoms with van der Waals surface area (Å²) in [6, 6.07) is 15.3. The predicted octanol–water partition coefficient (Wildman–Crippen LogP) is 3.76. The molecule has 0 amide bonds. The number of benzene rings is 2. The molecule has 0 bridgehead atoms. The standard InChI is InChI=1S/C15H15FIN/c16-15-4-2-1-3-13(15)9-10-18-11-12-5-7-14(17)8-6-12/h1-8,18H,9-11H2. The van der Waals surface area contributed by atoms with Gasteiger partial charge in [-0.2, -0.15) is 0 Å². The monoisotopic (exact) mass is 355 g/mol. The molecular formula is C15H15FIN. The van der Waals surface area contributed by atoms with Gasteiger partial charge in [0.05, 0.1) is 0 Å². The van der Waals surface area contributed by atoms with Gasteiger partial charge in [-0.1, -0.05) is 30.3 Å². The molecule has 0 aliphatic carbocycles. The van der Waals surface area contributed by atoms with Crippen LogP contribution in [0.25, 0.3) is 0 Å². The van der Waals surface area contributed by atoms with E-state index in [2.05, 4.69) is 52.2 Å². The van der Waals surface area contributed by atoms with Crippen molar-refractivity contribution in [2.24, 2.45) is 0 Å². The maximum absolute atomic E-state index is 13.4. The predicted molar refractivity (Wildman–Crippen MR) is 81.0 cm³/mol. The highest BCUT2D eigenvalue weighted by Gasteiger charge is 1.99. The van der Waals surface area contributed by atoms with Crippen molar-refractivity contribution in [1.82, 2.24) is 5.32 Å². The molecule has 0 aliphatic heterocycles. The molecule has 0 unspecified atom stereocenters. The molecule has 1 nitrogen and oxygen atoms in total. The van der Waals surface area contributed by atoms with Gasteiger partial charge in [-0.15, -0.1) is 0 Å². The molecule has 0 radical (unpaired) electrons. The third-order valence-electron chi connectivity index (χ3n) is 2.77. The average molecular weight is 355 g/mol. The maximum Gasteiger partial charge on any atom is 0.126 e. The molecule has 3 heteroatoms. The van der Waals surface area contributed by atoms with E-state index in [9.17, 15) is 4.39 Å². The van der Waals surface area contributed by atoms with Crippen molar-refractivity contribution in [1.29, 1.82) is 0 Å². The molecule has 0 aromatic heterocycles. The van der Waals surface area contributed by atoms with E-state index in [-0.39, 0.29) is 5.82 Å². The Morgan fingerprint density at radius 1 is 1.00 bits per heavy atom. The van der Waals surface area contributed by atoms with Crippen LogP contribution in [0.15, 0.2) is 48.5 Å². The van der Waals surface area contributed by atoms with E-state index < -0.39 is 0 Å². The minimum atomic E-state index is -0.117. The van der Waals surface area contributed by atoms with E-state index in [1.165, 1.54) is 15.2 Å². The van der Waals surface area contributed by atoms with Crippen LogP contribution in [0, 0.1) is 9.39 Å². The Balaban J connectivity index is 1.76. The first kappa shape index (κ1) is 13.5. The number of hydrogen-bond acceptors (Lipinski definition) is 1. The molecule has 1 N–H and O–H groups in total. The number of halogens is 2. The van der Waals surface area contributed by atoms with E-state index in [1.807, 2.05) is 12.1 Å². The van der Waals surface area contributed by atoms with Gasteiger partial charge >= 0.3 is 0 Å². The molecule has 2 aromatic rings. The first-order valence-corrected chi connectivity index (χ1v) is 7.02. The normalized spacial score (nSPS) is 10.6. The van der Waals surface area contributed by atoms with Gasteiger partial charge < -0.3 is 5.32 Å². The zero-order chi connectivity index (χ0) is 12.8. The van der Waals surface area contributed by atoms with Crippen molar-refractivity contribution in [2.75, 3.05) is 6.54 Å². The fourth-order valence-corrected chi connectivity index (χ4v) is 2.12. The molecule has 0 saturated heterocycles. The zero-order valence-electron chi connectivity index (χ0n) is 10.00. The van der Waals surface area contributed by atoms with Crippen LogP contribution in [0.5, 0.6) is 0 Å². The highest BCUT2D eigenvalue weighted by molar-refractivity contribution is 14.1.